The smallest absolute Gasteiger partial charge is 0.323 e. The maximum absolute atomic E-state index is 12.4. The van der Waals surface area contributed by atoms with Crippen molar-refractivity contribution in [1.82, 2.24) is 5.32 Å². The molecule has 0 aliphatic rings. The summed E-state index contributed by atoms with van der Waals surface area (Å²) >= 11 is 0. The van der Waals surface area contributed by atoms with E-state index in [2.05, 4.69) is 11.9 Å². The molecule has 7 nitrogen and oxygen atoms in total. The van der Waals surface area contributed by atoms with Crippen LogP contribution in [0.25, 0.3) is 0 Å². The van der Waals surface area contributed by atoms with Crippen molar-refractivity contribution >= 4 is 17.7 Å². The summed E-state index contributed by atoms with van der Waals surface area (Å²) in [5, 5.41) is 12.1. The number of ether oxygens (including phenoxy) is 1. The highest BCUT2D eigenvalue weighted by Gasteiger charge is 2.29. The van der Waals surface area contributed by atoms with Gasteiger partial charge in [-0.3, -0.25) is 19.7 Å². The summed E-state index contributed by atoms with van der Waals surface area (Å²) in [6, 6.07) is 6.49. The number of nitrogens with two attached hydrogens (primary N) is 1. The Balaban J connectivity index is 2.85. The molecule has 0 heterocycles. The Morgan fingerprint density at radius 2 is 1.88 bits per heavy atom. The van der Waals surface area contributed by atoms with Crippen LogP contribution in [-0.4, -0.2) is 48.1 Å². The van der Waals surface area contributed by atoms with E-state index in [1.807, 2.05) is 0 Å². The summed E-state index contributed by atoms with van der Waals surface area (Å²) in [5.74, 6) is -2.04. The Kier molecular flexibility index (Phi) is 9.89. The van der Waals surface area contributed by atoms with E-state index in [1.165, 1.54) is 6.08 Å². The summed E-state index contributed by atoms with van der Waals surface area (Å²) in [5.41, 5.74) is 5.88. The molecule has 142 valence electrons. The van der Waals surface area contributed by atoms with Crippen molar-refractivity contribution in [3.63, 3.8) is 0 Å². The molecule has 1 aromatic rings. The van der Waals surface area contributed by atoms with Crippen molar-refractivity contribution in [2.24, 2.45) is 5.73 Å². The predicted molar refractivity (Wildman–Crippen MR) is 97.8 cm³/mol. The molecule has 1 aromatic carbocycles. The van der Waals surface area contributed by atoms with Crippen molar-refractivity contribution in [1.29, 1.82) is 0 Å². The Morgan fingerprint density at radius 1 is 1.19 bits per heavy atom. The number of benzene rings is 1. The number of nitrogens with one attached hydrogen (secondary N) is 1. The van der Waals surface area contributed by atoms with Gasteiger partial charge in [0.2, 0.25) is 0 Å². The molecule has 0 spiro atoms. The number of Topliss-reactive ketones (excluding diaryl/α,β-unsaturated/α-hetero) is 1. The van der Waals surface area contributed by atoms with Gasteiger partial charge < -0.3 is 15.6 Å². The van der Waals surface area contributed by atoms with Crippen molar-refractivity contribution in [2.45, 2.75) is 37.8 Å². The lowest BCUT2D eigenvalue weighted by Gasteiger charge is -2.21. The molecule has 0 saturated carbocycles. The average molecular weight is 362 g/mol. The summed E-state index contributed by atoms with van der Waals surface area (Å²) in [6.07, 6.45) is 2.80. The van der Waals surface area contributed by atoms with Crippen molar-refractivity contribution in [2.75, 3.05) is 13.2 Å². The molecule has 0 aromatic heterocycles. The number of carbonyl (C=O) groups excluding carboxylic acids is 2. The number of hydrogen-bond acceptors (Lipinski definition) is 6. The minimum atomic E-state index is -1.09. The van der Waals surface area contributed by atoms with Gasteiger partial charge in [0.05, 0.1) is 0 Å². The van der Waals surface area contributed by atoms with E-state index in [0.29, 0.717) is 31.4 Å². The van der Waals surface area contributed by atoms with Gasteiger partial charge in [-0.25, -0.2) is 0 Å². The first-order chi connectivity index (χ1) is 12.5. The van der Waals surface area contributed by atoms with E-state index in [1.54, 1.807) is 30.3 Å². The average Bonchev–Trinajstić information content (AvgIpc) is 2.64. The molecule has 0 fully saturated rings. The number of esters is 1. The Hall–Kier alpha value is -2.51. The molecular formula is C19H26N2O5. The molecule has 0 bridgehead atoms. The zero-order valence-electron chi connectivity index (χ0n) is 14.7. The standard InChI is InChI=1S/C19H26N2O5/c1-2-12-26-19(25)16(13-17(22)14-8-4-3-5-9-14)21-15(18(23)24)10-6-7-11-20/h2-5,8-9,15-16,21H,1,6-7,10-13,20H2,(H,23,24)/t15-,16?/m0/s1. The van der Waals surface area contributed by atoms with Gasteiger partial charge in [-0.1, -0.05) is 49.4 Å². The predicted octanol–water partition coefficient (Wildman–Crippen LogP) is 1.53. The second kappa shape index (κ2) is 11.9. The molecule has 2 atom stereocenters. The Morgan fingerprint density at radius 3 is 2.46 bits per heavy atom. The Bertz CT molecular complexity index is 603. The highest BCUT2D eigenvalue weighted by Crippen LogP contribution is 2.10. The van der Waals surface area contributed by atoms with Crippen LogP contribution in [0.15, 0.2) is 43.0 Å². The highest BCUT2D eigenvalue weighted by atomic mass is 16.5. The van der Waals surface area contributed by atoms with E-state index in [4.69, 9.17) is 10.5 Å². The third-order valence-corrected chi connectivity index (χ3v) is 3.76. The van der Waals surface area contributed by atoms with E-state index >= 15 is 0 Å². The number of ketones is 1. The normalized spacial score (nSPS) is 12.8. The maximum Gasteiger partial charge on any atom is 0.323 e. The second-order valence-electron chi connectivity index (χ2n) is 5.81. The molecule has 1 rings (SSSR count). The zero-order valence-corrected chi connectivity index (χ0v) is 14.7. The molecule has 0 aliphatic carbocycles. The van der Waals surface area contributed by atoms with Crippen molar-refractivity contribution < 1.29 is 24.2 Å². The van der Waals surface area contributed by atoms with Gasteiger partial charge in [0.1, 0.15) is 18.7 Å². The van der Waals surface area contributed by atoms with E-state index < -0.39 is 24.0 Å². The number of carboxylic acids is 1. The number of hydrogen-bond donors (Lipinski definition) is 3. The van der Waals surface area contributed by atoms with Gasteiger partial charge in [-0.15, -0.1) is 0 Å². The van der Waals surface area contributed by atoms with Crippen molar-refractivity contribution in [3.05, 3.63) is 48.6 Å². The van der Waals surface area contributed by atoms with Gasteiger partial charge in [0.15, 0.2) is 5.78 Å². The first-order valence-corrected chi connectivity index (χ1v) is 8.54. The third kappa shape index (κ3) is 7.58. The first kappa shape index (κ1) is 21.5. The van der Waals surface area contributed by atoms with Gasteiger partial charge in [-0.2, -0.15) is 0 Å². The van der Waals surface area contributed by atoms with Crippen LogP contribution in [0.3, 0.4) is 0 Å². The molecule has 0 saturated heterocycles. The fourth-order valence-electron chi connectivity index (χ4n) is 2.39. The number of rotatable bonds is 13. The van der Waals surface area contributed by atoms with Crippen LogP contribution < -0.4 is 11.1 Å². The van der Waals surface area contributed by atoms with Crippen LogP contribution in [0.2, 0.25) is 0 Å². The summed E-state index contributed by atoms with van der Waals surface area (Å²) in [6.45, 7) is 3.92. The fourth-order valence-corrected chi connectivity index (χ4v) is 2.39. The van der Waals surface area contributed by atoms with Gasteiger partial charge in [0.25, 0.3) is 0 Å². The quantitative estimate of drug-likeness (QED) is 0.211. The fraction of sp³-hybridized carbons (Fsp3) is 0.421. The largest absolute Gasteiger partial charge is 0.480 e. The summed E-state index contributed by atoms with van der Waals surface area (Å²) < 4.78 is 5.01. The maximum atomic E-state index is 12.4. The van der Waals surface area contributed by atoms with Crippen LogP contribution in [0.1, 0.15) is 36.0 Å². The van der Waals surface area contributed by atoms with Gasteiger partial charge in [0, 0.05) is 12.0 Å². The molecule has 7 heteroatoms. The summed E-state index contributed by atoms with van der Waals surface area (Å²) in [7, 11) is 0. The van der Waals surface area contributed by atoms with Crippen LogP contribution in [0.5, 0.6) is 0 Å². The van der Waals surface area contributed by atoms with E-state index in [0.717, 1.165) is 0 Å². The monoisotopic (exact) mass is 362 g/mol. The number of carboxylic acid groups (broad SMARTS) is 1. The van der Waals surface area contributed by atoms with Crippen LogP contribution in [0.4, 0.5) is 0 Å². The minimum Gasteiger partial charge on any atom is -0.480 e. The lowest BCUT2D eigenvalue weighted by atomic mass is 10.0. The molecule has 0 amide bonds. The van der Waals surface area contributed by atoms with E-state index in [9.17, 15) is 19.5 Å². The molecule has 0 aliphatic heterocycles. The SMILES string of the molecule is C=CCOC(=O)C(CC(=O)c1ccccc1)N[C@@H](CCCCN)C(=O)O. The number of aliphatic carboxylic acids is 1. The van der Waals surface area contributed by atoms with Crippen molar-refractivity contribution in [3.8, 4) is 0 Å². The lowest BCUT2D eigenvalue weighted by molar-refractivity contribution is -0.146. The molecule has 1 unspecified atom stereocenters. The van der Waals surface area contributed by atoms with Gasteiger partial charge >= 0.3 is 11.9 Å². The molecule has 26 heavy (non-hydrogen) atoms. The minimum absolute atomic E-state index is 0.0124. The molecular weight excluding hydrogens is 336 g/mol. The highest BCUT2D eigenvalue weighted by molar-refractivity contribution is 5.99. The zero-order chi connectivity index (χ0) is 19.4. The van der Waals surface area contributed by atoms with Gasteiger partial charge in [-0.05, 0) is 19.4 Å². The third-order valence-electron chi connectivity index (χ3n) is 3.76. The van der Waals surface area contributed by atoms with Crippen LogP contribution >= 0.6 is 0 Å². The first-order valence-electron chi connectivity index (χ1n) is 8.54. The van der Waals surface area contributed by atoms with Crippen LogP contribution in [-0.2, 0) is 14.3 Å². The second-order valence-corrected chi connectivity index (χ2v) is 5.81. The van der Waals surface area contributed by atoms with E-state index in [-0.39, 0.29) is 18.8 Å². The number of unbranched alkanes of at least 4 members (excludes halogenated alkanes) is 1. The number of carbonyl (C=O) groups is 3. The molecule has 0 radical (unpaired) electrons. The van der Waals surface area contributed by atoms with Crippen LogP contribution in [0, 0.1) is 0 Å². The molecule has 4 N–H and O–H groups in total. The topological polar surface area (TPSA) is 119 Å². The summed E-state index contributed by atoms with van der Waals surface area (Å²) in [4.78, 5) is 36.1. The Labute approximate surface area is 153 Å². The lowest BCUT2D eigenvalue weighted by Crippen LogP contribution is -2.48.